The first kappa shape index (κ1) is 20.2. The van der Waals surface area contributed by atoms with Gasteiger partial charge in [0.25, 0.3) is 0 Å². The number of amides is 1. The second-order valence-electron chi connectivity index (χ2n) is 7.18. The Morgan fingerprint density at radius 3 is 2.65 bits per heavy atom. The monoisotopic (exact) mass is 362 g/mol. The maximum Gasteiger partial charge on any atom is 0.307 e. The second kappa shape index (κ2) is 10.2. The third-order valence-electron chi connectivity index (χ3n) is 4.84. The van der Waals surface area contributed by atoms with Crippen LogP contribution in [0.2, 0.25) is 0 Å². The molecule has 26 heavy (non-hydrogen) atoms. The number of hydrogen-bond donors (Lipinski definition) is 2. The summed E-state index contributed by atoms with van der Waals surface area (Å²) in [5.41, 5.74) is 1.09. The van der Waals surface area contributed by atoms with Crippen molar-refractivity contribution in [3.63, 3.8) is 0 Å². The number of carboxylic acid groups (broad SMARTS) is 1. The zero-order valence-corrected chi connectivity index (χ0v) is 15.7. The standard InChI is InChI=1S/C20H30N2O4/c1-22(2)12-13-26-16-7-5-6-15(14-16)10-11-21-19(23)17-8-3-4-9-18(17)20(24)25/h5-7,14,17-18H,3-4,8-13H2,1-2H3,(H,21,23)(H,24,25). The summed E-state index contributed by atoms with van der Waals surface area (Å²) in [4.78, 5) is 25.8. The summed E-state index contributed by atoms with van der Waals surface area (Å²) in [6, 6.07) is 7.87. The van der Waals surface area contributed by atoms with Gasteiger partial charge in [-0.15, -0.1) is 0 Å². The first-order chi connectivity index (χ1) is 12.5. The number of ether oxygens (including phenoxy) is 1. The zero-order valence-electron chi connectivity index (χ0n) is 15.7. The number of carboxylic acids is 1. The van der Waals surface area contributed by atoms with Crippen molar-refractivity contribution >= 4 is 11.9 Å². The molecule has 0 aromatic heterocycles. The normalized spacial score (nSPS) is 20.0. The van der Waals surface area contributed by atoms with Gasteiger partial charge >= 0.3 is 5.97 Å². The van der Waals surface area contributed by atoms with Crippen LogP contribution in [0.25, 0.3) is 0 Å². The van der Waals surface area contributed by atoms with Crippen LogP contribution in [0.5, 0.6) is 5.75 Å². The lowest BCUT2D eigenvalue weighted by Gasteiger charge is -2.27. The van der Waals surface area contributed by atoms with Crippen molar-refractivity contribution in [3.05, 3.63) is 29.8 Å². The Morgan fingerprint density at radius 2 is 1.96 bits per heavy atom. The number of nitrogens with one attached hydrogen (secondary N) is 1. The Hall–Kier alpha value is -2.08. The molecule has 0 bridgehead atoms. The zero-order chi connectivity index (χ0) is 18.9. The molecule has 1 aliphatic carbocycles. The molecule has 0 saturated heterocycles. The predicted molar refractivity (Wildman–Crippen MR) is 100 cm³/mol. The van der Waals surface area contributed by atoms with E-state index in [4.69, 9.17) is 4.74 Å². The summed E-state index contributed by atoms with van der Waals surface area (Å²) in [6.07, 6.45) is 3.77. The van der Waals surface area contributed by atoms with Crippen molar-refractivity contribution in [2.24, 2.45) is 11.8 Å². The van der Waals surface area contributed by atoms with Crippen LogP contribution in [0.4, 0.5) is 0 Å². The number of benzene rings is 1. The van der Waals surface area contributed by atoms with E-state index in [0.29, 0.717) is 32.4 Å². The first-order valence-electron chi connectivity index (χ1n) is 9.34. The number of hydrogen-bond acceptors (Lipinski definition) is 4. The van der Waals surface area contributed by atoms with E-state index in [0.717, 1.165) is 30.7 Å². The smallest absolute Gasteiger partial charge is 0.307 e. The van der Waals surface area contributed by atoms with Gasteiger partial charge in [0.2, 0.25) is 5.91 Å². The van der Waals surface area contributed by atoms with Crippen LogP contribution in [0.3, 0.4) is 0 Å². The van der Waals surface area contributed by atoms with Gasteiger partial charge in [0, 0.05) is 13.1 Å². The largest absolute Gasteiger partial charge is 0.492 e. The molecule has 1 fully saturated rings. The lowest BCUT2D eigenvalue weighted by Crippen LogP contribution is -2.40. The number of likely N-dealkylation sites (N-methyl/N-ethyl adjacent to an activating group) is 1. The highest BCUT2D eigenvalue weighted by atomic mass is 16.5. The molecule has 1 aromatic rings. The van der Waals surface area contributed by atoms with Gasteiger partial charge in [0.1, 0.15) is 12.4 Å². The molecule has 2 atom stereocenters. The molecule has 1 aliphatic rings. The highest BCUT2D eigenvalue weighted by Gasteiger charge is 2.35. The van der Waals surface area contributed by atoms with Crippen LogP contribution in [-0.4, -0.2) is 55.7 Å². The van der Waals surface area contributed by atoms with E-state index in [1.165, 1.54) is 0 Å². The van der Waals surface area contributed by atoms with Crippen molar-refractivity contribution in [1.82, 2.24) is 10.2 Å². The highest BCUT2D eigenvalue weighted by molar-refractivity contribution is 5.84. The van der Waals surface area contributed by atoms with E-state index < -0.39 is 17.8 Å². The molecule has 1 amide bonds. The third kappa shape index (κ3) is 6.33. The number of carbonyl (C=O) groups excluding carboxylic acids is 1. The summed E-state index contributed by atoms with van der Waals surface area (Å²) in [5.74, 6) is -1.10. The third-order valence-corrected chi connectivity index (χ3v) is 4.84. The molecule has 6 heteroatoms. The van der Waals surface area contributed by atoms with Crippen LogP contribution < -0.4 is 10.1 Å². The van der Waals surface area contributed by atoms with Gasteiger partial charge in [-0.25, -0.2) is 0 Å². The molecule has 1 saturated carbocycles. The molecule has 0 aliphatic heterocycles. The SMILES string of the molecule is CN(C)CCOc1cccc(CCNC(=O)C2CCCCC2C(=O)O)c1. The lowest BCUT2D eigenvalue weighted by atomic mass is 9.78. The number of rotatable bonds is 9. The van der Waals surface area contributed by atoms with Crippen LogP contribution in [0.15, 0.2) is 24.3 Å². The van der Waals surface area contributed by atoms with Crippen LogP contribution >= 0.6 is 0 Å². The predicted octanol–water partition coefficient (Wildman–Crippen LogP) is 2.18. The van der Waals surface area contributed by atoms with E-state index in [1.54, 1.807) is 0 Å². The summed E-state index contributed by atoms with van der Waals surface area (Å²) in [6.45, 7) is 1.99. The minimum absolute atomic E-state index is 0.129. The maximum absolute atomic E-state index is 12.4. The molecular weight excluding hydrogens is 332 g/mol. The molecule has 2 N–H and O–H groups in total. The van der Waals surface area contributed by atoms with Crippen molar-refractivity contribution in [2.75, 3.05) is 33.8 Å². The first-order valence-corrected chi connectivity index (χ1v) is 9.34. The maximum atomic E-state index is 12.4. The van der Waals surface area contributed by atoms with E-state index >= 15 is 0 Å². The van der Waals surface area contributed by atoms with Gasteiger partial charge in [-0.05, 0) is 51.1 Å². The number of aliphatic carboxylic acids is 1. The molecule has 144 valence electrons. The highest BCUT2D eigenvalue weighted by Crippen LogP contribution is 2.30. The summed E-state index contributed by atoms with van der Waals surface area (Å²) in [5, 5.41) is 12.2. The molecule has 6 nitrogen and oxygen atoms in total. The average Bonchev–Trinajstić information content (AvgIpc) is 2.61. The molecular formula is C20H30N2O4. The van der Waals surface area contributed by atoms with E-state index in [9.17, 15) is 14.7 Å². The second-order valence-corrected chi connectivity index (χ2v) is 7.18. The van der Waals surface area contributed by atoms with Gasteiger partial charge in [-0.1, -0.05) is 25.0 Å². The van der Waals surface area contributed by atoms with E-state index in [1.807, 2.05) is 38.4 Å². The van der Waals surface area contributed by atoms with Crippen molar-refractivity contribution in [1.29, 1.82) is 0 Å². The fourth-order valence-electron chi connectivity index (χ4n) is 3.34. The van der Waals surface area contributed by atoms with Gasteiger partial charge in [0.05, 0.1) is 11.8 Å². The van der Waals surface area contributed by atoms with Crippen molar-refractivity contribution < 1.29 is 19.4 Å². The Labute approximate surface area is 155 Å². The number of nitrogens with zero attached hydrogens (tertiary/aromatic N) is 1. The number of carbonyl (C=O) groups is 2. The van der Waals surface area contributed by atoms with Gasteiger partial charge < -0.3 is 20.1 Å². The van der Waals surface area contributed by atoms with Gasteiger partial charge in [0.15, 0.2) is 0 Å². The fourth-order valence-corrected chi connectivity index (χ4v) is 3.34. The minimum Gasteiger partial charge on any atom is -0.492 e. The summed E-state index contributed by atoms with van der Waals surface area (Å²) in [7, 11) is 4.01. The van der Waals surface area contributed by atoms with Gasteiger partial charge in [-0.2, -0.15) is 0 Å². The summed E-state index contributed by atoms with van der Waals surface area (Å²) >= 11 is 0. The molecule has 2 rings (SSSR count). The van der Waals surface area contributed by atoms with E-state index in [-0.39, 0.29) is 5.91 Å². The van der Waals surface area contributed by atoms with Crippen molar-refractivity contribution in [3.8, 4) is 5.75 Å². The minimum atomic E-state index is -0.854. The van der Waals surface area contributed by atoms with Crippen molar-refractivity contribution in [2.45, 2.75) is 32.1 Å². The average molecular weight is 362 g/mol. The van der Waals surface area contributed by atoms with Gasteiger partial charge in [-0.3, -0.25) is 9.59 Å². The molecule has 0 heterocycles. The van der Waals surface area contributed by atoms with E-state index in [2.05, 4.69) is 10.2 Å². The van der Waals surface area contributed by atoms with Crippen LogP contribution in [0, 0.1) is 11.8 Å². The molecule has 0 spiro atoms. The van der Waals surface area contributed by atoms with Crippen LogP contribution in [0.1, 0.15) is 31.2 Å². The molecule has 2 unspecified atom stereocenters. The molecule has 0 radical (unpaired) electrons. The Kier molecular flexibility index (Phi) is 7.91. The Bertz CT molecular complexity index is 603. The fraction of sp³-hybridized carbons (Fsp3) is 0.600. The van der Waals surface area contributed by atoms with Crippen LogP contribution in [-0.2, 0) is 16.0 Å². The topological polar surface area (TPSA) is 78.9 Å². The summed E-state index contributed by atoms with van der Waals surface area (Å²) < 4.78 is 5.73. The Balaban J connectivity index is 1.79. The molecule has 1 aromatic carbocycles. The Morgan fingerprint density at radius 1 is 1.23 bits per heavy atom. The lowest BCUT2D eigenvalue weighted by molar-refractivity contribution is -0.148. The quantitative estimate of drug-likeness (QED) is 0.704.